The van der Waals surface area contributed by atoms with E-state index in [9.17, 15) is 0 Å². The van der Waals surface area contributed by atoms with Gasteiger partial charge in [0, 0.05) is 24.8 Å². The van der Waals surface area contributed by atoms with Crippen LogP contribution in [0.3, 0.4) is 0 Å². The smallest absolute Gasteiger partial charge is 0.0547 e. The molecule has 0 fully saturated rings. The quantitative estimate of drug-likeness (QED) is 0.820. The highest BCUT2D eigenvalue weighted by Gasteiger charge is 2.27. The fourth-order valence-corrected chi connectivity index (χ4v) is 2.30. The van der Waals surface area contributed by atoms with Crippen molar-refractivity contribution in [1.29, 1.82) is 0 Å². The molecule has 0 saturated carbocycles. The maximum atomic E-state index is 4.60. The molecule has 1 unspecified atom stereocenters. The van der Waals surface area contributed by atoms with Crippen LogP contribution in [0.2, 0.25) is 0 Å². The van der Waals surface area contributed by atoms with Gasteiger partial charge in [-0.1, -0.05) is 26.8 Å². The van der Waals surface area contributed by atoms with Gasteiger partial charge in [-0.2, -0.15) is 0 Å². The van der Waals surface area contributed by atoms with Crippen LogP contribution in [-0.2, 0) is 6.54 Å². The van der Waals surface area contributed by atoms with E-state index < -0.39 is 0 Å². The first kappa shape index (κ1) is 16.1. The van der Waals surface area contributed by atoms with Crippen molar-refractivity contribution in [3.8, 4) is 0 Å². The number of hydrogen-bond acceptors (Lipinski definition) is 3. The molecule has 1 heterocycles. The van der Waals surface area contributed by atoms with Gasteiger partial charge in [0.05, 0.1) is 5.69 Å². The highest BCUT2D eigenvalue weighted by molar-refractivity contribution is 5.09. The first-order valence-corrected chi connectivity index (χ1v) is 7.21. The predicted molar refractivity (Wildman–Crippen MR) is 82.2 cm³/mol. The van der Waals surface area contributed by atoms with E-state index in [0.717, 1.165) is 31.0 Å². The zero-order chi connectivity index (χ0) is 14.5. The number of aromatic nitrogens is 1. The van der Waals surface area contributed by atoms with Gasteiger partial charge in [0.1, 0.15) is 0 Å². The number of nitrogens with one attached hydrogen (secondary N) is 1. The minimum absolute atomic E-state index is 0.245. The van der Waals surface area contributed by atoms with Crippen LogP contribution in [0.1, 0.15) is 39.1 Å². The van der Waals surface area contributed by atoms with Gasteiger partial charge in [-0.15, -0.1) is 0 Å². The van der Waals surface area contributed by atoms with E-state index in [2.05, 4.69) is 55.0 Å². The van der Waals surface area contributed by atoms with Crippen molar-refractivity contribution >= 4 is 0 Å². The molecule has 3 nitrogen and oxygen atoms in total. The summed E-state index contributed by atoms with van der Waals surface area (Å²) in [6.45, 7) is 14.2. The van der Waals surface area contributed by atoms with Crippen molar-refractivity contribution in [3.63, 3.8) is 0 Å². The van der Waals surface area contributed by atoms with Crippen molar-refractivity contribution in [3.05, 3.63) is 29.6 Å². The summed E-state index contributed by atoms with van der Waals surface area (Å²) >= 11 is 0. The minimum atomic E-state index is 0.245. The fraction of sp³-hybridized carbons (Fsp3) is 0.688. The Bertz CT molecular complexity index is 387. The second kappa shape index (κ2) is 7.01. The first-order valence-electron chi connectivity index (χ1n) is 7.21. The van der Waals surface area contributed by atoms with E-state index in [0.29, 0.717) is 6.04 Å². The number of nitrogens with zero attached hydrogens (tertiary/aromatic N) is 2. The van der Waals surface area contributed by atoms with Crippen LogP contribution in [0, 0.1) is 12.3 Å². The van der Waals surface area contributed by atoms with Gasteiger partial charge in [0.25, 0.3) is 0 Å². The average molecular weight is 263 g/mol. The fourth-order valence-electron chi connectivity index (χ4n) is 2.30. The van der Waals surface area contributed by atoms with Crippen LogP contribution in [0.25, 0.3) is 0 Å². The van der Waals surface area contributed by atoms with Gasteiger partial charge in [0.15, 0.2) is 0 Å². The standard InChI is InChI=1S/C16H29N3/c1-7-19(12-16(4,5)14(3)17-6)11-15-10-8-9-13(2)18-15/h8-10,14,17H,7,11-12H2,1-6H3. The molecular formula is C16H29N3. The lowest BCUT2D eigenvalue weighted by atomic mass is 9.85. The van der Waals surface area contributed by atoms with Crippen LogP contribution in [0.4, 0.5) is 0 Å². The Hall–Kier alpha value is -0.930. The Kier molecular flexibility index (Phi) is 5.95. The number of rotatable bonds is 7. The molecule has 0 bridgehead atoms. The van der Waals surface area contributed by atoms with Gasteiger partial charge in [-0.25, -0.2) is 0 Å². The molecular weight excluding hydrogens is 234 g/mol. The Balaban J connectivity index is 2.69. The molecule has 1 atom stereocenters. The Morgan fingerprint density at radius 2 is 2.05 bits per heavy atom. The number of aryl methyl sites for hydroxylation is 1. The molecule has 19 heavy (non-hydrogen) atoms. The molecule has 0 saturated heterocycles. The largest absolute Gasteiger partial charge is 0.317 e. The van der Waals surface area contributed by atoms with Crippen molar-refractivity contribution in [2.75, 3.05) is 20.1 Å². The van der Waals surface area contributed by atoms with Crippen LogP contribution in [0.5, 0.6) is 0 Å². The Labute approximate surface area is 118 Å². The van der Waals surface area contributed by atoms with E-state index >= 15 is 0 Å². The molecule has 1 N–H and O–H groups in total. The molecule has 0 aliphatic carbocycles. The maximum absolute atomic E-state index is 4.60. The molecule has 0 spiro atoms. The summed E-state index contributed by atoms with van der Waals surface area (Å²) in [5.74, 6) is 0. The third kappa shape index (κ3) is 4.92. The summed E-state index contributed by atoms with van der Waals surface area (Å²) in [6.07, 6.45) is 0. The Morgan fingerprint density at radius 3 is 2.58 bits per heavy atom. The molecule has 1 aromatic heterocycles. The van der Waals surface area contributed by atoms with E-state index in [4.69, 9.17) is 0 Å². The third-order valence-electron chi connectivity index (χ3n) is 4.02. The molecule has 0 radical (unpaired) electrons. The predicted octanol–water partition coefficient (Wildman–Crippen LogP) is 2.85. The van der Waals surface area contributed by atoms with Crippen LogP contribution in [-0.4, -0.2) is 36.1 Å². The SMILES string of the molecule is CCN(Cc1cccc(C)n1)CC(C)(C)C(C)NC. The molecule has 3 heteroatoms. The second-order valence-corrected chi connectivity index (χ2v) is 6.07. The van der Waals surface area contributed by atoms with Gasteiger partial charge < -0.3 is 5.32 Å². The van der Waals surface area contributed by atoms with E-state index in [1.54, 1.807) is 0 Å². The molecule has 108 valence electrons. The highest BCUT2D eigenvalue weighted by atomic mass is 15.1. The summed E-state index contributed by atoms with van der Waals surface area (Å²) in [6, 6.07) is 6.75. The summed E-state index contributed by atoms with van der Waals surface area (Å²) in [5.41, 5.74) is 2.50. The molecule has 0 aliphatic rings. The van der Waals surface area contributed by atoms with E-state index in [-0.39, 0.29) is 5.41 Å². The van der Waals surface area contributed by atoms with Gasteiger partial charge in [0.2, 0.25) is 0 Å². The van der Waals surface area contributed by atoms with Crippen LogP contribution in [0.15, 0.2) is 18.2 Å². The molecule has 0 aromatic carbocycles. The van der Waals surface area contributed by atoms with Crippen LogP contribution >= 0.6 is 0 Å². The summed E-state index contributed by atoms with van der Waals surface area (Å²) in [7, 11) is 2.03. The van der Waals surface area contributed by atoms with Crippen LogP contribution < -0.4 is 5.32 Å². The summed E-state index contributed by atoms with van der Waals surface area (Å²) in [5, 5.41) is 3.37. The second-order valence-electron chi connectivity index (χ2n) is 6.07. The van der Waals surface area contributed by atoms with Crippen molar-refractivity contribution in [2.24, 2.45) is 5.41 Å². The van der Waals surface area contributed by atoms with E-state index in [1.807, 2.05) is 20.0 Å². The van der Waals surface area contributed by atoms with Gasteiger partial charge >= 0.3 is 0 Å². The lowest BCUT2D eigenvalue weighted by molar-refractivity contribution is 0.144. The summed E-state index contributed by atoms with van der Waals surface area (Å²) in [4.78, 5) is 7.07. The van der Waals surface area contributed by atoms with Crippen molar-refractivity contribution in [1.82, 2.24) is 15.2 Å². The topological polar surface area (TPSA) is 28.2 Å². The zero-order valence-electron chi connectivity index (χ0n) is 13.3. The van der Waals surface area contributed by atoms with Gasteiger partial charge in [-0.05, 0) is 45.0 Å². The number of hydrogen-bond donors (Lipinski definition) is 1. The van der Waals surface area contributed by atoms with Gasteiger partial charge in [-0.3, -0.25) is 9.88 Å². The minimum Gasteiger partial charge on any atom is -0.317 e. The zero-order valence-corrected chi connectivity index (χ0v) is 13.3. The number of pyridine rings is 1. The summed E-state index contributed by atoms with van der Waals surface area (Å²) < 4.78 is 0. The van der Waals surface area contributed by atoms with E-state index in [1.165, 1.54) is 0 Å². The molecule has 1 rings (SSSR count). The lowest BCUT2D eigenvalue weighted by Gasteiger charge is -2.36. The molecule has 0 amide bonds. The lowest BCUT2D eigenvalue weighted by Crippen LogP contribution is -2.45. The monoisotopic (exact) mass is 263 g/mol. The van der Waals surface area contributed by atoms with Crippen molar-refractivity contribution in [2.45, 2.75) is 47.2 Å². The average Bonchev–Trinajstić information content (AvgIpc) is 2.36. The Morgan fingerprint density at radius 1 is 1.37 bits per heavy atom. The third-order valence-corrected chi connectivity index (χ3v) is 4.02. The van der Waals surface area contributed by atoms with Crippen molar-refractivity contribution < 1.29 is 0 Å². The normalized spacial score (nSPS) is 13.8. The highest BCUT2D eigenvalue weighted by Crippen LogP contribution is 2.22. The maximum Gasteiger partial charge on any atom is 0.0547 e. The first-order chi connectivity index (χ1) is 8.89. The molecule has 0 aliphatic heterocycles. The molecule has 1 aromatic rings.